The molecule has 2 heteroatoms. The van der Waals surface area contributed by atoms with Crippen LogP contribution in [0.5, 0.6) is 0 Å². The van der Waals surface area contributed by atoms with E-state index in [-0.39, 0.29) is 6.42 Å². The van der Waals surface area contributed by atoms with Crippen molar-refractivity contribution in [3.8, 4) is 0 Å². The third kappa shape index (κ3) is 3.74. The monoisotopic (exact) mass is 232 g/mol. The maximum atomic E-state index is 10.5. The highest BCUT2D eigenvalue weighted by atomic mass is 16.4. The van der Waals surface area contributed by atoms with Crippen LogP contribution in [0.15, 0.2) is 18.2 Å². The Morgan fingerprint density at radius 3 is 2.24 bits per heavy atom. The minimum atomic E-state index is -0.744. The zero-order valence-electron chi connectivity index (χ0n) is 11.0. The highest BCUT2D eigenvalue weighted by Crippen LogP contribution is 2.24. The lowest BCUT2D eigenvalue weighted by Crippen LogP contribution is -1.95. The molecule has 1 N–H and O–H groups in total. The number of benzene rings is 1. The molecule has 1 aromatic rings. The first kappa shape index (κ1) is 13.5. The Kier molecular flexibility index (Phi) is 4.50. The molecule has 1 rings (SSSR count). The summed E-state index contributed by atoms with van der Waals surface area (Å²) in [5.41, 5.74) is 6.20. The van der Waals surface area contributed by atoms with Gasteiger partial charge in [0.25, 0.3) is 0 Å². The largest absolute Gasteiger partial charge is 0.481 e. The van der Waals surface area contributed by atoms with Gasteiger partial charge in [-0.05, 0) is 56.4 Å². The average Bonchev–Trinajstić information content (AvgIpc) is 2.14. The van der Waals surface area contributed by atoms with Gasteiger partial charge in [0.05, 0.1) is 0 Å². The summed E-state index contributed by atoms with van der Waals surface area (Å²) in [5.74, 6) is -0.744. The second-order valence-electron chi connectivity index (χ2n) is 4.59. The molecular formula is C15H20O2. The summed E-state index contributed by atoms with van der Waals surface area (Å²) >= 11 is 0. The Balaban J connectivity index is 2.96. The topological polar surface area (TPSA) is 37.3 Å². The van der Waals surface area contributed by atoms with Crippen molar-refractivity contribution in [2.75, 3.05) is 0 Å². The van der Waals surface area contributed by atoms with Gasteiger partial charge in [-0.25, -0.2) is 0 Å². The van der Waals surface area contributed by atoms with Gasteiger partial charge >= 0.3 is 5.97 Å². The minimum absolute atomic E-state index is 0.196. The number of allylic oxidation sites excluding steroid dienone is 2. The van der Waals surface area contributed by atoms with Crippen LogP contribution in [0.1, 0.15) is 42.0 Å². The smallest absolute Gasteiger partial charge is 0.303 e. The molecule has 92 valence electrons. The lowest BCUT2D eigenvalue weighted by Gasteiger charge is -2.11. The summed E-state index contributed by atoms with van der Waals surface area (Å²) in [4.78, 5) is 10.5. The third-order valence-electron chi connectivity index (χ3n) is 2.88. The number of aliphatic carboxylic acids is 1. The van der Waals surface area contributed by atoms with E-state index in [1.807, 2.05) is 13.0 Å². The minimum Gasteiger partial charge on any atom is -0.481 e. The van der Waals surface area contributed by atoms with Crippen molar-refractivity contribution in [3.05, 3.63) is 40.5 Å². The molecule has 17 heavy (non-hydrogen) atoms. The number of hydrogen-bond acceptors (Lipinski definition) is 1. The molecule has 0 unspecified atom stereocenters. The van der Waals surface area contributed by atoms with Crippen molar-refractivity contribution in [1.82, 2.24) is 0 Å². The first-order valence-electron chi connectivity index (χ1n) is 5.88. The van der Waals surface area contributed by atoms with E-state index in [0.717, 1.165) is 0 Å². The number of carboxylic acid groups (broad SMARTS) is 1. The van der Waals surface area contributed by atoms with Crippen molar-refractivity contribution in [1.29, 1.82) is 0 Å². The molecule has 0 aliphatic carbocycles. The number of rotatable bonds is 4. The predicted molar refractivity (Wildman–Crippen MR) is 71.2 cm³/mol. The molecule has 0 heterocycles. The van der Waals surface area contributed by atoms with Gasteiger partial charge in [-0.2, -0.15) is 0 Å². The van der Waals surface area contributed by atoms with Crippen LogP contribution in [0.4, 0.5) is 0 Å². The number of carbonyl (C=O) groups is 1. The second-order valence-corrected chi connectivity index (χ2v) is 4.59. The van der Waals surface area contributed by atoms with Crippen molar-refractivity contribution in [2.45, 2.75) is 40.5 Å². The van der Waals surface area contributed by atoms with Gasteiger partial charge in [0.15, 0.2) is 0 Å². The van der Waals surface area contributed by atoms with E-state index in [1.54, 1.807) is 0 Å². The molecule has 0 atom stereocenters. The molecule has 1 aromatic carbocycles. The van der Waals surface area contributed by atoms with Gasteiger partial charge in [0, 0.05) is 6.42 Å². The molecule has 0 aliphatic heterocycles. The van der Waals surface area contributed by atoms with Gasteiger partial charge in [-0.3, -0.25) is 4.79 Å². The summed E-state index contributed by atoms with van der Waals surface area (Å²) in [6.45, 7) is 8.34. The quantitative estimate of drug-likeness (QED) is 0.855. The highest BCUT2D eigenvalue weighted by Gasteiger charge is 2.05. The average molecular weight is 232 g/mol. The van der Waals surface area contributed by atoms with Crippen LogP contribution < -0.4 is 0 Å². The van der Waals surface area contributed by atoms with Crippen LogP contribution in [0.3, 0.4) is 0 Å². The maximum Gasteiger partial charge on any atom is 0.303 e. The Morgan fingerprint density at radius 2 is 1.76 bits per heavy atom. The van der Waals surface area contributed by atoms with Crippen molar-refractivity contribution < 1.29 is 9.90 Å². The van der Waals surface area contributed by atoms with Crippen molar-refractivity contribution in [3.63, 3.8) is 0 Å². The van der Waals surface area contributed by atoms with Crippen LogP contribution in [-0.4, -0.2) is 11.1 Å². The molecule has 2 nitrogen and oxygen atoms in total. The standard InChI is InChI=1S/C15H20O2/c1-10-8-12(3)15(13(4)9-10)11(2)6-5-7-14(16)17/h6,8-9H,5,7H2,1-4H3,(H,16,17)/b11-6+. The molecule has 0 saturated carbocycles. The van der Waals surface area contributed by atoms with Crippen LogP contribution in [0.2, 0.25) is 0 Å². The van der Waals surface area contributed by atoms with Crippen LogP contribution in [0, 0.1) is 20.8 Å². The molecule has 0 fully saturated rings. The fourth-order valence-corrected chi connectivity index (χ4v) is 2.32. The molecule has 0 amide bonds. The van der Waals surface area contributed by atoms with Gasteiger partial charge in [0.2, 0.25) is 0 Å². The lowest BCUT2D eigenvalue weighted by molar-refractivity contribution is -0.136. The van der Waals surface area contributed by atoms with Crippen LogP contribution >= 0.6 is 0 Å². The van der Waals surface area contributed by atoms with E-state index in [4.69, 9.17) is 5.11 Å². The van der Waals surface area contributed by atoms with E-state index in [9.17, 15) is 4.79 Å². The van der Waals surface area contributed by atoms with Crippen LogP contribution in [-0.2, 0) is 4.79 Å². The van der Waals surface area contributed by atoms with E-state index < -0.39 is 5.97 Å². The normalized spacial score (nSPS) is 11.6. The maximum absolute atomic E-state index is 10.5. The van der Waals surface area contributed by atoms with Crippen LogP contribution in [0.25, 0.3) is 5.57 Å². The fraction of sp³-hybridized carbons (Fsp3) is 0.400. The zero-order chi connectivity index (χ0) is 13.0. The van der Waals surface area contributed by atoms with E-state index >= 15 is 0 Å². The Hall–Kier alpha value is -1.57. The number of carboxylic acids is 1. The van der Waals surface area contributed by atoms with E-state index in [1.165, 1.54) is 27.8 Å². The summed E-state index contributed by atoms with van der Waals surface area (Å²) in [6, 6.07) is 4.33. The van der Waals surface area contributed by atoms with Crippen molar-refractivity contribution in [2.24, 2.45) is 0 Å². The Labute approximate surface area is 103 Å². The molecule has 0 aromatic heterocycles. The van der Waals surface area contributed by atoms with E-state index in [2.05, 4.69) is 32.9 Å². The van der Waals surface area contributed by atoms with E-state index in [0.29, 0.717) is 6.42 Å². The van der Waals surface area contributed by atoms with Crippen molar-refractivity contribution >= 4 is 11.5 Å². The van der Waals surface area contributed by atoms with Gasteiger partial charge in [-0.15, -0.1) is 0 Å². The van der Waals surface area contributed by atoms with Gasteiger partial charge in [0.1, 0.15) is 0 Å². The molecule has 0 bridgehead atoms. The highest BCUT2D eigenvalue weighted by molar-refractivity contribution is 5.71. The number of hydrogen-bond donors (Lipinski definition) is 1. The molecule has 0 saturated heterocycles. The molecule has 0 aliphatic rings. The first-order chi connectivity index (χ1) is 7.91. The molecule has 0 spiro atoms. The summed E-state index contributed by atoms with van der Waals surface area (Å²) in [5, 5.41) is 8.61. The fourth-order valence-electron chi connectivity index (χ4n) is 2.32. The summed E-state index contributed by atoms with van der Waals surface area (Å²) in [6.07, 6.45) is 2.80. The zero-order valence-corrected chi connectivity index (χ0v) is 11.0. The second kappa shape index (κ2) is 5.67. The van der Waals surface area contributed by atoms with Gasteiger partial charge in [-0.1, -0.05) is 23.8 Å². The Bertz CT molecular complexity index is 433. The Morgan fingerprint density at radius 1 is 1.24 bits per heavy atom. The molecule has 0 radical (unpaired) electrons. The first-order valence-corrected chi connectivity index (χ1v) is 5.88. The molecular weight excluding hydrogens is 212 g/mol. The third-order valence-corrected chi connectivity index (χ3v) is 2.88. The SMILES string of the molecule is C/C(=C\CCC(=O)O)c1c(C)cc(C)cc1C. The summed E-state index contributed by atoms with van der Waals surface area (Å²) in [7, 11) is 0. The predicted octanol–water partition coefficient (Wildman–Crippen LogP) is 3.88. The van der Waals surface area contributed by atoms with Gasteiger partial charge < -0.3 is 5.11 Å². The lowest BCUT2D eigenvalue weighted by atomic mass is 9.94. The summed E-state index contributed by atoms with van der Waals surface area (Å²) < 4.78 is 0. The number of aryl methyl sites for hydroxylation is 3.